The van der Waals surface area contributed by atoms with Crippen LogP contribution in [0, 0.1) is 6.92 Å². The molecule has 1 heterocycles. The summed E-state index contributed by atoms with van der Waals surface area (Å²) in [4.78, 5) is 14.3. The van der Waals surface area contributed by atoms with Crippen LogP contribution in [0.15, 0.2) is 34.0 Å². The van der Waals surface area contributed by atoms with E-state index in [-0.39, 0.29) is 10.5 Å². The molecule has 0 saturated heterocycles. The van der Waals surface area contributed by atoms with E-state index in [1.54, 1.807) is 19.1 Å². The van der Waals surface area contributed by atoms with Crippen molar-refractivity contribution >= 4 is 20.9 Å². The van der Waals surface area contributed by atoms with E-state index in [2.05, 4.69) is 9.71 Å². The molecule has 5 nitrogen and oxygen atoms in total. The van der Waals surface area contributed by atoms with Gasteiger partial charge in [0.05, 0.1) is 4.90 Å². The van der Waals surface area contributed by atoms with Gasteiger partial charge in [-0.1, -0.05) is 13.3 Å². The minimum Gasteiger partial charge on any atom is -0.322 e. The normalized spacial score (nSPS) is 11.9. The lowest BCUT2D eigenvalue weighted by Gasteiger charge is -2.08. The maximum absolute atomic E-state index is 12.1. The number of hydrogen-bond donors (Lipinski definition) is 2. The number of H-pyrrole nitrogens is 1. The Balaban J connectivity index is 2.44. The first-order valence-corrected chi connectivity index (χ1v) is 8.05. The van der Waals surface area contributed by atoms with Crippen LogP contribution in [-0.4, -0.2) is 19.9 Å². The smallest absolute Gasteiger partial charge is 0.248 e. The highest BCUT2D eigenvalue weighted by atomic mass is 32.2. The van der Waals surface area contributed by atoms with Crippen LogP contribution < -0.4 is 10.3 Å². The average molecular weight is 294 g/mol. The molecule has 0 aliphatic heterocycles. The SMILES string of the molecule is CCCCNS(=O)(=O)c1ccc2[nH]c(=O)cc(C)c2c1. The molecule has 2 N–H and O–H groups in total. The number of pyridine rings is 1. The third-order valence-electron chi connectivity index (χ3n) is 3.15. The van der Waals surface area contributed by atoms with Crippen molar-refractivity contribution in [2.45, 2.75) is 31.6 Å². The Morgan fingerprint density at radius 2 is 2.00 bits per heavy atom. The Morgan fingerprint density at radius 1 is 1.25 bits per heavy atom. The van der Waals surface area contributed by atoms with Gasteiger partial charge < -0.3 is 4.98 Å². The zero-order chi connectivity index (χ0) is 14.8. The van der Waals surface area contributed by atoms with Crippen LogP contribution >= 0.6 is 0 Å². The molecular weight excluding hydrogens is 276 g/mol. The molecule has 2 rings (SSSR count). The molecule has 1 aromatic carbocycles. The topological polar surface area (TPSA) is 79.0 Å². The first-order chi connectivity index (χ1) is 9.44. The largest absolute Gasteiger partial charge is 0.322 e. The Hall–Kier alpha value is -1.66. The van der Waals surface area contributed by atoms with E-state index < -0.39 is 10.0 Å². The van der Waals surface area contributed by atoms with Crippen LogP contribution in [0.1, 0.15) is 25.3 Å². The summed E-state index contributed by atoms with van der Waals surface area (Å²) in [7, 11) is -3.49. The summed E-state index contributed by atoms with van der Waals surface area (Å²) < 4.78 is 26.9. The van der Waals surface area contributed by atoms with Crippen LogP contribution in [0.25, 0.3) is 10.9 Å². The second kappa shape index (κ2) is 5.76. The van der Waals surface area contributed by atoms with Crippen LogP contribution in [0.4, 0.5) is 0 Å². The third-order valence-corrected chi connectivity index (χ3v) is 4.61. The number of aromatic nitrogens is 1. The lowest BCUT2D eigenvalue weighted by Crippen LogP contribution is -2.24. The quantitative estimate of drug-likeness (QED) is 0.827. The number of fused-ring (bicyclic) bond motifs is 1. The van der Waals surface area contributed by atoms with Crippen LogP contribution in [-0.2, 0) is 10.0 Å². The molecule has 0 spiro atoms. The molecule has 0 aliphatic rings. The zero-order valence-corrected chi connectivity index (χ0v) is 12.4. The second-order valence-corrected chi connectivity index (χ2v) is 6.54. The van der Waals surface area contributed by atoms with Crippen molar-refractivity contribution < 1.29 is 8.42 Å². The van der Waals surface area contributed by atoms with Gasteiger partial charge in [0, 0.05) is 23.5 Å². The molecule has 0 radical (unpaired) electrons. The number of unbranched alkanes of at least 4 members (excludes halogenated alkanes) is 1. The van der Waals surface area contributed by atoms with E-state index in [0.717, 1.165) is 23.8 Å². The van der Waals surface area contributed by atoms with E-state index in [1.807, 2.05) is 6.92 Å². The van der Waals surface area contributed by atoms with Gasteiger partial charge in [0.1, 0.15) is 0 Å². The molecule has 0 bridgehead atoms. The average Bonchev–Trinajstić information content (AvgIpc) is 2.38. The molecule has 108 valence electrons. The molecular formula is C14H18N2O3S. The monoisotopic (exact) mass is 294 g/mol. The summed E-state index contributed by atoms with van der Waals surface area (Å²) in [6.45, 7) is 4.23. The molecule has 0 amide bonds. The number of nitrogens with one attached hydrogen (secondary N) is 2. The fourth-order valence-corrected chi connectivity index (χ4v) is 3.14. The second-order valence-electron chi connectivity index (χ2n) is 4.78. The van der Waals surface area contributed by atoms with Crippen LogP contribution in [0.5, 0.6) is 0 Å². The fourth-order valence-electron chi connectivity index (χ4n) is 2.04. The third kappa shape index (κ3) is 3.08. The standard InChI is InChI=1S/C14H18N2O3S/c1-3-4-7-15-20(18,19)11-5-6-13-12(9-11)10(2)8-14(17)16-13/h5-6,8-9,15H,3-4,7H2,1-2H3,(H,16,17). The van der Waals surface area contributed by atoms with Gasteiger partial charge >= 0.3 is 0 Å². The summed E-state index contributed by atoms with van der Waals surface area (Å²) in [5.41, 5.74) is 1.21. The van der Waals surface area contributed by atoms with E-state index >= 15 is 0 Å². The molecule has 0 saturated carbocycles. The highest BCUT2D eigenvalue weighted by molar-refractivity contribution is 7.89. The highest BCUT2D eigenvalue weighted by Crippen LogP contribution is 2.19. The summed E-state index contributed by atoms with van der Waals surface area (Å²) >= 11 is 0. The number of aromatic amines is 1. The van der Waals surface area contributed by atoms with Crippen molar-refractivity contribution in [2.75, 3.05) is 6.54 Å². The lowest BCUT2D eigenvalue weighted by atomic mass is 10.1. The van der Waals surface area contributed by atoms with Crippen molar-refractivity contribution in [1.29, 1.82) is 0 Å². The summed E-state index contributed by atoms with van der Waals surface area (Å²) in [6, 6.07) is 6.18. The molecule has 6 heteroatoms. The Morgan fingerprint density at radius 3 is 2.70 bits per heavy atom. The lowest BCUT2D eigenvalue weighted by molar-refractivity contribution is 0.578. The minimum atomic E-state index is -3.49. The van der Waals surface area contributed by atoms with Gasteiger partial charge in [0.25, 0.3) is 0 Å². The molecule has 0 atom stereocenters. The molecule has 2 aromatic rings. The van der Waals surface area contributed by atoms with Crippen LogP contribution in [0.3, 0.4) is 0 Å². The number of hydrogen-bond acceptors (Lipinski definition) is 3. The predicted octanol–water partition coefficient (Wildman–Crippen LogP) is 1.91. The summed E-state index contributed by atoms with van der Waals surface area (Å²) in [5, 5.41) is 0.739. The van der Waals surface area contributed by atoms with Gasteiger partial charge in [-0.2, -0.15) is 0 Å². The van der Waals surface area contributed by atoms with Gasteiger partial charge in [-0.3, -0.25) is 4.79 Å². The van der Waals surface area contributed by atoms with E-state index in [1.165, 1.54) is 12.1 Å². The Labute approximate surface area is 118 Å². The zero-order valence-electron chi connectivity index (χ0n) is 11.6. The van der Waals surface area contributed by atoms with Crippen molar-refractivity contribution in [1.82, 2.24) is 9.71 Å². The number of benzene rings is 1. The van der Waals surface area contributed by atoms with E-state index in [9.17, 15) is 13.2 Å². The number of rotatable bonds is 5. The summed E-state index contributed by atoms with van der Waals surface area (Å²) in [6.07, 6.45) is 1.74. The van der Waals surface area contributed by atoms with Crippen LogP contribution in [0.2, 0.25) is 0 Å². The first-order valence-electron chi connectivity index (χ1n) is 6.57. The number of aryl methyl sites for hydroxylation is 1. The minimum absolute atomic E-state index is 0.188. The van der Waals surface area contributed by atoms with Gasteiger partial charge in [-0.15, -0.1) is 0 Å². The maximum Gasteiger partial charge on any atom is 0.248 e. The van der Waals surface area contributed by atoms with Crippen molar-refractivity contribution in [3.05, 3.63) is 40.2 Å². The van der Waals surface area contributed by atoms with Crippen molar-refractivity contribution in [2.24, 2.45) is 0 Å². The first kappa shape index (κ1) is 14.7. The number of sulfonamides is 1. The highest BCUT2D eigenvalue weighted by Gasteiger charge is 2.14. The fraction of sp³-hybridized carbons (Fsp3) is 0.357. The molecule has 0 unspecified atom stereocenters. The van der Waals surface area contributed by atoms with Gasteiger partial charge in [-0.05, 0) is 37.1 Å². The van der Waals surface area contributed by atoms with Gasteiger partial charge in [-0.25, -0.2) is 13.1 Å². The molecule has 0 aliphatic carbocycles. The molecule has 1 aromatic heterocycles. The Bertz CT molecular complexity index is 779. The van der Waals surface area contributed by atoms with Crippen molar-refractivity contribution in [3.8, 4) is 0 Å². The van der Waals surface area contributed by atoms with Gasteiger partial charge in [0.2, 0.25) is 15.6 Å². The van der Waals surface area contributed by atoms with E-state index in [0.29, 0.717) is 12.1 Å². The molecule has 20 heavy (non-hydrogen) atoms. The Kier molecular flexibility index (Phi) is 4.25. The van der Waals surface area contributed by atoms with E-state index in [4.69, 9.17) is 0 Å². The maximum atomic E-state index is 12.1. The van der Waals surface area contributed by atoms with Crippen molar-refractivity contribution in [3.63, 3.8) is 0 Å². The summed E-state index contributed by atoms with van der Waals surface area (Å²) in [5.74, 6) is 0. The predicted molar refractivity (Wildman–Crippen MR) is 79.4 cm³/mol. The van der Waals surface area contributed by atoms with Gasteiger partial charge in [0.15, 0.2) is 0 Å². The molecule has 0 fully saturated rings.